The average molecular weight is 439 g/mol. The molecule has 0 bridgehead atoms. The third kappa shape index (κ3) is 5.51. The molecule has 4 nitrogen and oxygen atoms in total. The van der Waals surface area contributed by atoms with E-state index in [1.54, 1.807) is 11.8 Å². The number of para-hydroxylation sites is 1. The zero-order chi connectivity index (χ0) is 22.4. The molecule has 0 saturated carbocycles. The number of nitrogens with one attached hydrogen (secondary N) is 1. The fourth-order valence-corrected chi connectivity index (χ4v) is 5.24. The van der Waals surface area contributed by atoms with Crippen LogP contribution in [0.1, 0.15) is 75.8 Å². The first-order chi connectivity index (χ1) is 15.0. The maximum Gasteiger partial charge on any atom is 0.238 e. The van der Waals surface area contributed by atoms with Gasteiger partial charge in [0, 0.05) is 17.3 Å². The average Bonchev–Trinajstić information content (AvgIpc) is 3.16. The Morgan fingerprint density at radius 1 is 1.13 bits per heavy atom. The quantitative estimate of drug-likeness (QED) is 0.471. The largest absolute Gasteiger partial charge is 0.326 e. The first-order valence-corrected chi connectivity index (χ1v) is 12.4. The van der Waals surface area contributed by atoms with Gasteiger partial charge in [0.2, 0.25) is 11.8 Å². The van der Waals surface area contributed by atoms with Crippen molar-refractivity contribution >= 4 is 35.0 Å². The third-order valence-corrected chi connectivity index (χ3v) is 7.13. The van der Waals surface area contributed by atoms with Crippen LogP contribution < -0.4 is 10.2 Å². The van der Waals surface area contributed by atoms with E-state index in [4.69, 9.17) is 0 Å². The molecular weight excluding hydrogens is 404 g/mol. The van der Waals surface area contributed by atoms with Crippen LogP contribution in [0.2, 0.25) is 0 Å². The molecule has 1 heterocycles. The number of carbonyl (C=O) groups excluding carboxylic acids is 2. The van der Waals surface area contributed by atoms with Crippen molar-refractivity contribution in [2.45, 2.75) is 64.7 Å². The van der Waals surface area contributed by atoms with Gasteiger partial charge < -0.3 is 5.32 Å². The van der Waals surface area contributed by atoms with Gasteiger partial charge in [-0.3, -0.25) is 14.5 Å². The summed E-state index contributed by atoms with van der Waals surface area (Å²) >= 11 is 1.65. The van der Waals surface area contributed by atoms with Crippen LogP contribution in [-0.2, 0) is 9.59 Å². The molecule has 166 valence electrons. The molecule has 0 spiro atoms. The minimum Gasteiger partial charge on any atom is -0.326 e. The highest BCUT2D eigenvalue weighted by atomic mass is 32.2. The number of hydrogen-bond donors (Lipinski definition) is 1. The van der Waals surface area contributed by atoms with Crippen molar-refractivity contribution in [2.24, 2.45) is 5.92 Å². The molecule has 31 heavy (non-hydrogen) atoms. The lowest BCUT2D eigenvalue weighted by Crippen LogP contribution is -2.29. The number of nitrogens with zero attached hydrogens (tertiary/aromatic N) is 1. The summed E-state index contributed by atoms with van der Waals surface area (Å²) < 4.78 is 0. The highest BCUT2D eigenvalue weighted by molar-refractivity contribution is 8.00. The molecular formula is C26H34N2O2S. The fourth-order valence-electron chi connectivity index (χ4n) is 4.07. The van der Waals surface area contributed by atoms with Crippen LogP contribution in [0.4, 0.5) is 11.4 Å². The van der Waals surface area contributed by atoms with Gasteiger partial charge in [-0.15, -0.1) is 11.8 Å². The van der Waals surface area contributed by atoms with Crippen LogP contribution in [0.5, 0.6) is 0 Å². The van der Waals surface area contributed by atoms with Gasteiger partial charge in [-0.1, -0.05) is 70.9 Å². The number of unbranched alkanes of at least 4 members (excludes halogenated alkanes) is 1. The van der Waals surface area contributed by atoms with E-state index in [1.807, 2.05) is 47.4 Å². The van der Waals surface area contributed by atoms with Gasteiger partial charge in [0.25, 0.3) is 0 Å². The van der Waals surface area contributed by atoms with Gasteiger partial charge >= 0.3 is 0 Å². The van der Waals surface area contributed by atoms with Crippen molar-refractivity contribution in [1.82, 2.24) is 0 Å². The van der Waals surface area contributed by atoms with Crippen LogP contribution in [0.3, 0.4) is 0 Å². The molecule has 0 aliphatic carbocycles. The number of thioether (sulfide) groups is 1. The number of hydrogen-bond acceptors (Lipinski definition) is 3. The molecule has 1 saturated heterocycles. The molecule has 1 aliphatic heterocycles. The Morgan fingerprint density at radius 3 is 2.48 bits per heavy atom. The molecule has 1 fully saturated rings. The van der Waals surface area contributed by atoms with E-state index < -0.39 is 0 Å². The van der Waals surface area contributed by atoms with Gasteiger partial charge in [0.15, 0.2) is 0 Å². The van der Waals surface area contributed by atoms with Crippen LogP contribution in [-0.4, -0.2) is 17.6 Å². The molecule has 2 aromatic carbocycles. The van der Waals surface area contributed by atoms with Crippen LogP contribution in [0.15, 0.2) is 48.5 Å². The molecule has 1 N–H and O–H groups in total. The van der Waals surface area contributed by atoms with E-state index in [0.29, 0.717) is 11.7 Å². The monoisotopic (exact) mass is 438 g/mol. The van der Waals surface area contributed by atoms with E-state index >= 15 is 0 Å². The van der Waals surface area contributed by atoms with Crippen LogP contribution in [0.25, 0.3) is 0 Å². The van der Waals surface area contributed by atoms with Crippen LogP contribution >= 0.6 is 11.8 Å². The predicted molar refractivity (Wildman–Crippen MR) is 132 cm³/mol. The normalized spacial score (nSPS) is 17.3. The predicted octanol–water partition coefficient (Wildman–Crippen LogP) is 6.74. The van der Waals surface area contributed by atoms with E-state index in [1.165, 1.54) is 5.56 Å². The molecule has 1 aliphatic rings. The standard InChI is InChI=1S/C26H34N2O2S/c1-5-7-10-19(6-2)25(30)27-21-15-13-20(14-16-21)26-28(24(29)17-31-26)23-12-9-8-11-22(23)18(3)4/h8-9,11-16,18-19,26H,5-7,10,17H2,1-4H3,(H,27,30)/t19-,26+/m1/s1. The zero-order valence-corrected chi connectivity index (χ0v) is 19.9. The number of anilines is 2. The summed E-state index contributed by atoms with van der Waals surface area (Å²) in [6.07, 6.45) is 3.97. The summed E-state index contributed by atoms with van der Waals surface area (Å²) in [6.45, 7) is 8.53. The molecule has 0 radical (unpaired) electrons. The summed E-state index contributed by atoms with van der Waals surface area (Å²) in [5, 5.41) is 3.02. The van der Waals surface area contributed by atoms with E-state index in [-0.39, 0.29) is 23.1 Å². The Balaban J connectivity index is 1.77. The van der Waals surface area contributed by atoms with E-state index in [2.05, 4.69) is 39.1 Å². The highest BCUT2D eigenvalue weighted by Crippen LogP contribution is 2.44. The second-order valence-electron chi connectivity index (χ2n) is 8.50. The molecule has 2 atom stereocenters. The smallest absolute Gasteiger partial charge is 0.238 e. The first-order valence-electron chi connectivity index (χ1n) is 11.4. The molecule has 0 aromatic heterocycles. The Hall–Kier alpha value is -2.27. The minimum atomic E-state index is -0.0508. The Bertz CT molecular complexity index is 895. The van der Waals surface area contributed by atoms with Crippen molar-refractivity contribution in [2.75, 3.05) is 16.0 Å². The van der Waals surface area contributed by atoms with Gasteiger partial charge in [-0.25, -0.2) is 0 Å². The maximum atomic E-state index is 12.8. The highest BCUT2D eigenvalue weighted by Gasteiger charge is 2.35. The Kier molecular flexibility index (Phi) is 8.19. The number of benzene rings is 2. The van der Waals surface area contributed by atoms with E-state index in [0.717, 1.165) is 42.6 Å². The molecule has 3 rings (SSSR count). The minimum absolute atomic E-state index is 0.0508. The molecule has 5 heteroatoms. The van der Waals surface area contributed by atoms with Crippen molar-refractivity contribution in [3.05, 3.63) is 59.7 Å². The number of amides is 2. The van der Waals surface area contributed by atoms with Crippen LogP contribution in [0, 0.1) is 5.92 Å². The zero-order valence-electron chi connectivity index (χ0n) is 19.1. The summed E-state index contributed by atoms with van der Waals surface area (Å²) in [6, 6.07) is 16.1. The lowest BCUT2D eigenvalue weighted by molar-refractivity contribution is -0.120. The third-order valence-electron chi connectivity index (χ3n) is 5.92. The Morgan fingerprint density at radius 2 is 1.84 bits per heavy atom. The molecule has 0 unspecified atom stereocenters. The fraction of sp³-hybridized carbons (Fsp3) is 0.462. The number of carbonyl (C=O) groups is 2. The maximum absolute atomic E-state index is 12.8. The Labute approximate surface area is 190 Å². The van der Waals surface area contributed by atoms with Crippen molar-refractivity contribution < 1.29 is 9.59 Å². The van der Waals surface area contributed by atoms with Crippen molar-refractivity contribution in [1.29, 1.82) is 0 Å². The SMILES string of the molecule is CCCC[C@@H](CC)C(=O)Nc1ccc([C@@H]2SCC(=O)N2c2ccccc2C(C)C)cc1. The van der Waals surface area contributed by atoms with E-state index in [9.17, 15) is 9.59 Å². The summed E-state index contributed by atoms with van der Waals surface area (Å²) in [5.41, 5.74) is 4.07. The molecule has 2 aromatic rings. The summed E-state index contributed by atoms with van der Waals surface area (Å²) in [7, 11) is 0. The second-order valence-corrected chi connectivity index (χ2v) is 9.57. The topological polar surface area (TPSA) is 49.4 Å². The molecule has 2 amide bonds. The van der Waals surface area contributed by atoms with Gasteiger partial charge in [0.05, 0.1) is 5.75 Å². The summed E-state index contributed by atoms with van der Waals surface area (Å²) in [5.74, 6) is 1.12. The lowest BCUT2D eigenvalue weighted by atomic mass is 9.98. The van der Waals surface area contributed by atoms with Gasteiger partial charge in [-0.05, 0) is 48.1 Å². The number of rotatable bonds is 9. The van der Waals surface area contributed by atoms with Gasteiger partial charge in [-0.2, -0.15) is 0 Å². The second kappa shape index (κ2) is 10.9. The van der Waals surface area contributed by atoms with Gasteiger partial charge in [0.1, 0.15) is 5.37 Å². The summed E-state index contributed by atoms with van der Waals surface area (Å²) in [4.78, 5) is 27.3. The van der Waals surface area contributed by atoms with Crippen molar-refractivity contribution in [3.8, 4) is 0 Å². The van der Waals surface area contributed by atoms with Crippen molar-refractivity contribution in [3.63, 3.8) is 0 Å². The lowest BCUT2D eigenvalue weighted by Gasteiger charge is -2.27. The first kappa shape index (κ1) is 23.4.